The molecule has 0 saturated heterocycles. The second-order valence-corrected chi connectivity index (χ2v) is 6.15. The van der Waals surface area contributed by atoms with Crippen LogP contribution >= 0.6 is 11.6 Å². The lowest BCUT2D eigenvalue weighted by Crippen LogP contribution is -2.20. The Kier molecular flexibility index (Phi) is 3.75. The molecule has 0 amide bonds. The zero-order chi connectivity index (χ0) is 15.0. The molecule has 2 aromatic carbocycles. The van der Waals surface area contributed by atoms with Crippen LogP contribution in [0.1, 0.15) is 22.7 Å². The van der Waals surface area contributed by atoms with E-state index in [-0.39, 0.29) is 6.04 Å². The standard InChI is InChI=1S/C18H19ClN2/c1-12-4-6-13(7-5-12)18(21(2)3)16-11-20-17-10-14(19)8-9-15(16)17/h4-11,18,20H,1-3H3. The summed E-state index contributed by atoms with van der Waals surface area (Å²) in [5, 5.41) is 1.98. The van der Waals surface area contributed by atoms with Gasteiger partial charge in [-0.25, -0.2) is 0 Å². The predicted octanol–water partition coefficient (Wildman–Crippen LogP) is 4.78. The summed E-state index contributed by atoms with van der Waals surface area (Å²) in [6.45, 7) is 2.11. The molecule has 108 valence electrons. The van der Waals surface area contributed by atoms with Crippen LogP contribution in [0.4, 0.5) is 0 Å². The maximum Gasteiger partial charge on any atom is 0.0617 e. The molecule has 1 unspecified atom stereocenters. The lowest BCUT2D eigenvalue weighted by molar-refractivity contribution is 0.344. The summed E-state index contributed by atoms with van der Waals surface area (Å²) in [5.74, 6) is 0. The van der Waals surface area contributed by atoms with E-state index in [4.69, 9.17) is 11.6 Å². The third kappa shape index (κ3) is 2.69. The summed E-state index contributed by atoms with van der Waals surface area (Å²) >= 11 is 6.07. The van der Waals surface area contributed by atoms with Crippen molar-refractivity contribution >= 4 is 22.5 Å². The molecule has 1 atom stereocenters. The summed E-state index contributed by atoms with van der Waals surface area (Å²) < 4.78 is 0. The molecule has 1 aromatic heterocycles. The zero-order valence-corrected chi connectivity index (χ0v) is 13.3. The van der Waals surface area contributed by atoms with Crippen molar-refractivity contribution in [3.05, 3.63) is 70.4 Å². The van der Waals surface area contributed by atoms with E-state index in [9.17, 15) is 0 Å². The quantitative estimate of drug-likeness (QED) is 0.737. The highest BCUT2D eigenvalue weighted by molar-refractivity contribution is 6.31. The van der Waals surface area contributed by atoms with Crippen LogP contribution in [0, 0.1) is 6.92 Å². The minimum Gasteiger partial charge on any atom is -0.361 e. The van der Waals surface area contributed by atoms with Crippen LogP contribution in [0.5, 0.6) is 0 Å². The van der Waals surface area contributed by atoms with E-state index in [1.165, 1.54) is 22.1 Å². The first-order valence-corrected chi connectivity index (χ1v) is 7.43. The van der Waals surface area contributed by atoms with E-state index in [1.54, 1.807) is 0 Å². The zero-order valence-electron chi connectivity index (χ0n) is 12.5. The van der Waals surface area contributed by atoms with Gasteiger partial charge in [-0.3, -0.25) is 4.90 Å². The fourth-order valence-electron chi connectivity index (χ4n) is 2.85. The van der Waals surface area contributed by atoms with Gasteiger partial charge in [0, 0.05) is 22.1 Å². The molecular formula is C18H19ClN2. The largest absolute Gasteiger partial charge is 0.361 e. The van der Waals surface area contributed by atoms with E-state index in [0.29, 0.717) is 0 Å². The molecule has 0 bridgehead atoms. The molecule has 0 spiro atoms. The van der Waals surface area contributed by atoms with Crippen LogP contribution < -0.4 is 0 Å². The first-order valence-electron chi connectivity index (χ1n) is 7.06. The number of hydrogen-bond acceptors (Lipinski definition) is 1. The number of fused-ring (bicyclic) bond motifs is 1. The first-order chi connectivity index (χ1) is 10.1. The van der Waals surface area contributed by atoms with Gasteiger partial charge in [0.1, 0.15) is 0 Å². The average Bonchev–Trinajstić information content (AvgIpc) is 2.84. The highest BCUT2D eigenvalue weighted by Gasteiger charge is 2.20. The van der Waals surface area contributed by atoms with Crippen LogP contribution in [0.3, 0.4) is 0 Å². The van der Waals surface area contributed by atoms with Crippen LogP contribution in [0.25, 0.3) is 10.9 Å². The Morgan fingerprint density at radius 1 is 1.05 bits per heavy atom. The summed E-state index contributed by atoms with van der Waals surface area (Å²) in [7, 11) is 4.22. The number of nitrogens with one attached hydrogen (secondary N) is 1. The molecule has 0 fully saturated rings. The molecule has 21 heavy (non-hydrogen) atoms. The van der Waals surface area contributed by atoms with Gasteiger partial charge in [-0.1, -0.05) is 47.5 Å². The van der Waals surface area contributed by atoms with Crippen molar-refractivity contribution in [2.24, 2.45) is 0 Å². The second-order valence-electron chi connectivity index (χ2n) is 5.71. The van der Waals surface area contributed by atoms with Crippen molar-refractivity contribution in [1.82, 2.24) is 9.88 Å². The maximum atomic E-state index is 6.07. The number of aryl methyl sites for hydroxylation is 1. The molecule has 2 nitrogen and oxygen atoms in total. The molecule has 0 aliphatic carbocycles. The van der Waals surface area contributed by atoms with E-state index in [1.807, 2.05) is 12.1 Å². The molecule has 1 heterocycles. The van der Waals surface area contributed by atoms with Crippen LogP contribution in [0.15, 0.2) is 48.7 Å². The third-order valence-electron chi connectivity index (χ3n) is 3.88. The Morgan fingerprint density at radius 3 is 2.43 bits per heavy atom. The van der Waals surface area contributed by atoms with Crippen molar-refractivity contribution < 1.29 is 0 Å². The van der Waals surface area contributed by atoms with E-state index in [2.05, 4.69) is 67.4 Å². The van der Waals surface area contributed by atoms with Crippen molar-refractivity contribution in [3.63, 3.8) is 0 Å². The topological polar surface area (TPSA) is 19.0 Å². The molecule has 3 aromatic rings. The molecule has 1 N–H and O–H groups in total. The number of rotatable bonds is 3. The Morgan fingerprint density at radius 2 is 1.76 bits per heavy atom. The van der Waals surface area contributed by atoms with Crippen molar-refractivity contribution in [2.45, 2.75) is 13.0 Å². The monoisotopic (exact) mass is 298 g/mol. The summed E-state index contributed by atoms with van der Waals surface area (Å²) in [6.07, 6.45) is 2.09. The summed E-state index contributed by atoms with van der Waals surface area (Å²) in [6, 6.07) is 15.0. The molecule has 0 aliphatic heterocycles. The Balaban J connectivity index is 2.13. The van der Waals surface area contributed by atoms with Crippen LogP contribution in [-0.4, -0.2) is 24.0 Å². The Bertz CT molecular complexity index is 756. The van der Waals surface area contributed by atoms with E-state index < -0.39 is 0 Å². The van der Waals surface area contributed by atoms with E-state index in [0.717, 1.165) is 10.5 Å². The Labute approximate surface area is 130 Å². The number of benzene rings is 2. The molecule has 3 rings (SSSR count). The number of nitrogens with zero attached hydrogens (tertiary/aromatic N) is 1. The lowest BCUT2D eigenvalue weighted by Gasteiger charge is -2.25. The number of aromatic nitrogens is 1. The van der Waals surface area contributed by atoms with Gasteiger partial charge in [0.2, 0.25) is 0 Å². The summed E-state index contributed by atoms with van der Waals surface area (Å²) in [5.41, 5.74) is 4.93. The summed E-state index contributed by atoms with van der Waals surface area (Å²) in [4.78, 5) is 5.57. The SMILES string of the molecule is Cc1ccc(C(c2c[nH]c3cc(Cl)ccc23)N(C)C)cc1. The van der Waals surface area contributed by atoms with Crippen molar-refractivity contribution in [1.29, 1.82) is 0 Å². The molecule has 0 saturated carbocycles. The number of hydrogen-bond donors (Lipinski definition) is 1. The van der Waals surface area contributed by atoms with E-state index >= 15 is 0 Å². The van der Waals surface area contributed by atoms with Gasteiger partial charge in [0.15, 0.2) is 0 Å². The Hall–Kier alpha value is -1.77. The fraction of sp³-hybridized carbons (Fsp3) is 0.222. The van der Waals surface area contributed by atoms with Gasteiger partial charge in [-0.05, 0) is 44.3 Å². The first kappa shape index (κ1) is 14.2. The van der Waals surface area contributed by atoms with Gasteiger partial charge in [-0.15, -0.1) is 0 Å². The number of halogens is 1. The normalized spacial score (nSPS) is 13.0. The van der Waals surface area contributed by atoms with Crippen LogP contribution in [-0.2, 0) is 0 Å². The fourth-order valence-corrected chi connectivity index (χ4v) is 3.02. The number of H-pyrrole nitrogens is 1. The van der Waals surface area contributed by atoms with Crippen molar-refractivity contribution in [2.75, 3.05) is 14.1 Å². The minimum absolute atomic E-state index is 0.223. The number of aromatic amines is 1. The molecule has 0 aliphatic rings. The average molecular weight is 299 g/mol. The van der Waals surface area contributed by atoms with Gasteiger partial charge >= 0.3 is 0 Å². The maximum absolute atomic E-state index is 6.07. The molecule has 0 radical (unpaired) electrons. The highest BCUT2D eigenvalue weighted by Crippen LogP contribution is 2.33. The minimum atomic E-state index is 0.223. The lowest BCUT2D eigenvalue weighted by atomic mass is 9.96. The van der Waals surface area contributed by atoms with Gasteiger partial charge in [0.25, 0.3) is 0 Å². The van der Waals surface area contributed by atoms with Gasteiger partial charge in [0.05, 0.1) is 6.04 Å². The van der Waals surface area contributed by atoms with Crippen molar-refractivity contribution in [3.8, 4) is 0 Å². The van der Waals surface area contributed by atoms with Crippen LogP contribution in [0.2, 0.25) is 5.02 Å². The van der Waals surface area contributed by atoms with Gasteiger partial charge < -0.3 is 4.98 Å². The smallest absolute Gasteiger partial charge is 0.0617 e. The predicted molar refractivity (Wildman–Crippen MR) is 90.0 cm³/mol. The second kappa shape index (κ2) is 5.55. The van der Waals surface area contributed by atoms with Gasteiger partial charge in [-0.2, -0.15) is 0 Å². The molecule has 3 heteroatoms. The molecular weight excluding hydrogens is 280 g/mol. The highest BCUT2D eigenvalue weighted by atomic mass is 35.5. The third-order valence-corrected chi connectivity index (χ3v) is 4.11.